The van der Waals surface area contributed by atoms with E-state index in [1.807, 2.05) is 49.1 Å². The highest BCUT2D eigenvalue weighted by atomic mass is 16.5. The number of benzene rings is 1. The number of carbonyl (C=O) groups is 2. The van der Waals surface area contributed by atoms with Crippen molar-refractivity contribution in [1.82, 2.24) is 10.2 Å². The van der Waals surface area contributed by atoms with Gasteiger partial charge in [0, 0.05) is 19.6 Å². The summed E-state index contributed by atoms with van der Waals surface area (Å²) in [5, 5.41) is 2.81. The van der Waals surface area contributed by atoms with Crippen LogP contribution in [0, 0.1) is 5.92 Å². The summed E-state index contributed by atoms with van der Waals surface area (Å²) < 4.78 is 5.33. The SMILES string of the molecule is CC(CN1CCNC(=O)C1C)C(=O)OCc1ccccc1. The van der Waals surface area contributed by atoms with E-state index in [9.17, 15) is 9.59 Å². The predicted octanol–water partition coefficient (Wildman–Crippen LogP) is 1.19. The lowest BCUT2D eigenvalue weighted by Gasteiger charge is -2.33. The highest BCUT2D eigenvalue weighted by molar-refractivity contribution is 5.82. The van der Waals surface area contributed by atoms with Gasteiger partial charge in [-0.05, 0) is 12.5 Å². The van der Waals surface area contributed by atoms with E-state index in [1.54, 1.807) is 0 Å². The number of carbonyl (C=O) groups excluding carboxylic acids is 2. The fourth-order valence-electron chi connectivity index (χ4n) is 2.38. The maximum atomic E-state index is 12.0. The zero-order valence-electron chi connectivity index (χ0n) is 12.5. The normalized spacial score (nSPS) is 20.7. The van der Waals surface area contributed by atoms with Crippen molar-refractivity contribution in [3.05, 3.63) is 35.9 Å². The summed E-state index contributed by atoms with van der Waals surface area (Å²) in [6.07, 6.45) is 0. The monoisotopic (exact) mass is 290 g/mol. The number of piperazine rings is 1. The molecule has 1 aliphatic heterocycles. The fraction of sp³-hybridized carbons (Fsp3) is 0.500. The van der Waals surface area contributed by atoms with Crippen molar-refractivity contribution in [2.45, 2.75) is 26.5 Å². The predicted molar refractivity (Wildman–Crippen MR) is 79.4 cm³/mol. The third kappa shape index (κ3) is 4.29. The summed E-state index contributed by atoms with van der Waals surface area (Å²) in [5.74, 6) is -0.454. The minimum atomic E-state index is -0.248. The molecule has 1 heterocycles. The molecule has 5 nitrogen and oxygen atoms in total. The third-order valence-corrected chi connectivity index (χ3v) is 3.76. The van der Waals surface area contributed by atoms with Crippen LogP contribution in [-0.4, -0.2) is 42.5 Å². The standard InChI is InChI=1S/C16H22N2O3/c1-12(10-18-9-8-17-15(19)13(18)2)16(20)21-11-14-6-4-3-5-7-14/h3-7,12-13H,8-11H2,1-2H3,(H,17,19). The van der Waals surface area contributed by atoms with Crippen LogP contribution in [0.15, 0.2) is 30.3 Å². The van der Waals surface area contributed by atoms with Crippen LogP contribution in [0.2, 0.25) is 0 Å². The third-order valence-electron chi connectivity index (χ3n) is 3.76. The molecule has 2 rings (SSSR count). The maximum Gasteiger partial charge on any atom is 0.310 e. The molecule has 0 aromatic heterocycles. The van der Waals surface area contributed by atoms with Crippen LogP contribution in [0.25, 0.3) is 0 Å². The summed E-state index contributed by atoms with van der Waals surface area (Å²) in [6.45, 7) is 5.93. The lowest BCUT2D eigenvalue weighted by atomic mass is 10.1. The van der Waals surface area contributed by atoms with E-state index in [2.05, 4.69) is 5.32 Å². The Balaban J connectivity index is 1.81. The fourth-order valence-corrected chi connectivity index (χ4v) is 2.38. The molecular formula is C16H22N2O3. The number of esters is 1. The van der Waals surface area contributed by atoms with Crippen molar-refractivity contribution >= 4 is 11.9 Å². The molecule has 2 unspecified atom stereocenters. The molecule has 0 bridgehead atoms. The van der Waals surface area contributed by atoms with E-state index >= 15 is 0 Å². The van der Waals surface area contributed by atoms with Crippen LogP contribution in [-0.2, 0) is 20.9 Å². The molecule has 0 aliphatic carbocycles. The van der Waals surface area contributed by atoms with Gasteiger partial charge in [-0.25, -0.2) is 0 Å². The number of hydrogen-bond acceptors (Lipinski definition) is 4. The van der Waals surface area contributed by atoms with Crippen molar-refractivity contribution in [2.75, 3.05) is 19.6 Å². The summed E-state index contributed by atoms with van der Waals surface area (Å²) >= 11 is 0. The second-order valence-corrected chi connectivity index (χ2v) is 5.46. The first-order valence-electron chi connectivity index (χ1n) is 7.30. The van der Waals surface area contributed by atoms with Crippen molar-refractivity contribution in [2.24, 2.45) is 5.92 Å². The van der Waals surface area contributed by atoms with Gasteiger partial charge in [-0.15, -0.1) is 0 Å². The number of rotatable bonds is 5. The number of ether oxygens (including phenoxy) is 1. The average molecular weight is 290 g/mol. The first-order valence-corrected chi connectivity index (χ1v) is 7.30. The Morgan fingerprint density at radius 1 is 1.43 bits per heavy atom. The van der Waals surface area contributed by atoms with E-state index in [1.165, 1.54) is 0 Å². The lowest BCUT2D eigenvalue weighted by molar-refractivity contribution is -0.150. The average Bonchev–Trinajstić information content (AvgIpc) is 2.50. The smallest absolute Gasteiger partial charge is 0.310 e. The lowest BCUT2D eigenvalue weighted by Crippen LogP contribution is -2.55. The minimum Gasteiger partial charge on any atom is -0.461 e. The second kappa shape index (κ2) is 7.22. The van der Waals surface area contributed by atoms with Crippen molar-refractivity contribution < 1.29 is 14.3 Å². The summed E-state index contributed by atoms with van der Waals surface area (Å²) in [4.78, 5) is 25.6. The number of hydrogen-bond donors (Lipinski definition) is 1. The molecule has 21 heavy (non-hydrogen) atoms. The molecule has 0 spiro atoms. The Bertz CT molecular complexity index is 490. The first kappa shape index (κ1) is 15.5. The highest BCUT2D eigenvalue weighted by Crippen LogP contribution is 2.10. The van der Waals surface area contributed by atoms with E-state index in [0.717, 1.165) is 12.1 Å². The van der Waals surface area contributed by atoms with Crippen LogP contribution >= 0.6 is 0 Å². The summed E-state index contributed by atoms with van der Waals surface area (Å²) in [6, 6.07) is 9.42. The Kier molecular flexibility index (Phi) is 5.33. The van der Waals surface area contributed by atoms with Crippen molar-refractivity contribution in [3.8, 4) is 0 Å². The van der Waals surface area contributed by atoms with Gasteiger partial charge in [-0.3, -0.25) is 14.5 Å². The molecule has 1 aromatic rings. The molecule has 0 radical (unpaired) electrons. The van der Waals surface area contributed by atoms with Gasteiger partial charge in [0.25, 0.3) is 0 Å². The van der Waals surface area contributed by atoms with E-state index in [4.69, 9.17) is 4.74 Å². The van der Waals surface area contributed by atoms with Crippen LogP contribution < -0.4 is 5.32 Å². The van der Waals surface area contributed by atoms with Crippen LogP contribution in [0.5, 0.6) is 0 Å². The number of nitrogens with zero attached hydrogens (tertiary/aromatic N) is 1. The zero-order valence-corrected chi connectivity index (χ0v) is 12.5. The largest absolute Gasteiger partial charge is 0.461 e. The molecule has 114 valence electrons. The van der Waals surface area contributed by atoms with Crippen LogP contribution in [0.1, 0.15) is 19.4 Å². The van der Waals surface area contributed by atoms with Crippen molar-refractivity contribution in [3.63, 3.8) is 0 Å². The zero-order chi connectivity index (χ0) is 15.2. The Labute approximate surface area is 125 Å². The van der Waals surface area contributed by atoms with Gasteiger partial charge < -0.3 is 10.1 Å². The van der Waals surface area contributed by atoms with Gasteiger partial charge in [0.05, 0.1) is 12.0 Å². The molecule has 1 N–H and O–H groups in total. The van der Waals surface area contributed by atoms with Crippen LogP contribution in [0.4, 0.5) is 0 Å². The minimum absolute atomic E-state index is 0.0195. The molecule has 1 saturated heterocycles. The molecule has 1 fully saturated rings. The molecule has 5 heteroatoms. The summed E-state index contributed by atoms with van der Waals surface area (Å²) in [7, 11) is 0. The second-order valence-electron chi connectivity index (χ2n) is 5.46. The molecule has 1 aliphatic rings. The number of amides is 1. The van der Waals surface area contributed by atoms with Crippen molar-refractivity contribution in [1.29, 1.82) is 0 Å². The molecule has 0 saturated carbocycles. The van der Waals surface area contributed by atoms with Gasteiger partial charge in [-0.1, -0.05) is 37.3 Å². The quantitative estimate of drug-likeness (QED) is 0.828. The molecule has 2 atom stereocenters. The van der Waals surface area contributed by atoms with Gasteiger partial charge in [0.2, 0.25) is 5.91 Å². The Morgan fingerprint density at radius 2 is 2.14 bits per heavy atom. The van der Waals surface area contributed by atoms with Crippen LogP contribution in [0.3, 0.4) is 0 Å². The summed E-state index contributed by atoms with van der Waals surface area (Å²) in [5.41, 5.74) is 0.976. The van der Waals surface area contributed by atoms with Gasteiger partial charge >= 0.3 is 5.97 Å². The highest BCUT2D eigenvalue weighted by Gasteiger charge is 2.28. The molecular weight excluding hydrogens is 268 g/mol. The number of nitrogens with one attached hydrogen (secondary N) is 1. The first-order chi connectivity index (χ1) is 10.1. The van der Waals surface area contributed by atoms with E-state index < -0.39 is 0 Å². The van der Waals surface area contributed by atoms with E-state index in [-0.39, 0.29) is 23.8 Å². The molecule has 1 amide bonds. The van der Waals surface area contributed by atoms with Gasteiger partial charge in [-0.2, -0.15) is 0 Å². The van der Waals surface area contributed by atoms with Gasteiger partial charge in [0.1, 0.15) is 6.61 Å². The molecule has 1 aromatic carbocycles. The van der Waals surface area contributed by atoms with E-state index in [0.29, 0.717) is 19.7 Å². The Morgan fingerprint density at radius 3 is 2.86 bits per heavy atom. The topological polar surface area (TPSA) is 58.6 Å². The Hall–Kier alpha value is -1.88. The van der Waals surface area contributed by atoms with Gasteiger partial charge in [0.15, 0.2) is 0 Å². The maximum absolute atomic E-state index is 12.0.